The molecule has 104 valence electrons. The molecule has 0 saturated carbocycles. The molecule has 0 aliphatic rings. The van der Waals surface area contributed by atoms with Gasteiger partial charge in [0.2, 0.25) is 0 Å². The number of rotatable bonds is 4. The number of hydrogen-bond acceptors (Lipinski definition) is 3. The number of aliphatic hydroxyl groups is 1. The van der Waals surface area contributed by atoms with Gasteiger partial charge in [-0.05, 0) is 30.7 Å². The molecule has 0 spiro atoms. The predicted molar refractivity (Wildman–Crippen MR) is 77.5 cm³/mol. The van der Waals surface area contributed by atoms with Gasteiger partial charge in [0.25, 0.3) is 0 Å². The molecular weight excluding hydrogens is 252 g/mol. The molecule has 0 aliphatic carbocycles. The third-order valence-electron chi connectivity index (χ3n) is 3.02. The fourth-order valence-corrected chi connectivity index (χ4v) is 1.90. The van der Waals surface area contributed by atoms with E-state index in [2.05, 4.69) is 16.8 Å². The first-order valence-corrected chi connectivity index (χ1v) is 6.50. The molecule has 0 amide bonds. The minimum absolute atomic E-state index is 0.124. The SMILES string of the molecule is Cc1cc(OCCc2nccn2C)ccc1C#CCO. The minimum Gasteiger partial charge on any atom is -0.493 e. The highest BCUT2D eigenvalue weighted by Crippen LogP contribution is 2.16. The number of aliphatic hydroxyl groups excluding tert-OH is 1. The predicted octanol–water partition coefficient (Wildman–Crippen LogP) is 1.69. The number of benzene rings is 1. The topological polar surface area (TPSA) is 47.3 Å². The third kappa shape index (κ3) is 3.62. The van der Waals surface area contributed by atoms with E-state index in [9.17, 15) is 0 Å². The average Bonchev–Trinajstić information content (AvgIpc) is 2.84. The van der Waals surface area contributed by atoms with Gasteiger partial charge in [-0.1, -0.05) is 11.8 Å². The Morgan fingerprint density at radius 2 is 2.25 bits per heavy atom. The van der Waals surface area contributed by atoms with Gasteiger partial charge in [-0.3, -0.25) is 0 Å². The van der Waals surface area contributed by atoms with Crippen LogP contribution in [0.5, 0.6) is 5.75 Å². The van der Waals surface area contributed by atoms with E-state index in [1.54, 1.807) is 6.20 Å². The molecule has 0 saturated heterocycles. The van der Waals surface area contributed by atoms with Crippen LogP contribution in [0.2, 0.25) is 0 Å². The lowest BCUT2D eigenvalue weighted by Crippen LogP contribution is -2.06. The van der Waals surface area contributed by atoms with Crippen LogP contribution >= 0.6 is 0 Å². The van der Waals surface area contributed by atoms with Crippen LogP contribution in [-0.4, -0.2) is 27.9 Å². The van der Waals surface area contributed by atoms with Crippen molar-refractivity contribution >= 4 is 0 Å². The third-order valence-corrected chi connectivity index (χ3v) is 3.02. The van der Waals surface area contributed by atoms with Crippen molar-refractivity contribution in [2.45, 2.75) is 13.3 Å². The summed E-state index contributed by atoms with van der Waals surface area (Å²) in [5.74, 6) is 7.39. The number of aryl methyl sites for hydroxylation is 2. The largest absolute Gasteiger partial charge is 0.493 e. The molecule has 4 heteroatoms. The summed E-state index contributed by atoms with van der Waals surface area (Å²) in [6.45, 7) is 2.44. The Balaban J connectivity index is 1.94. The zero-order valence-corrected chi connectivity index (χ0v) is 11.8. The maximum absolute atomic E-state index is 8.70. The zero-order chi connectivity index (χ0) is 14.4. The summed E-state index contributed by atoms with van der Waals surface area (Å²) in [4.78, 5) is 4.25. The summed E-state index contributed by atoms with van der Waals surface area (Å²) in [7, 11) is 1.97. The van der Waals surface area contributed by atoms with E-state index in [1.807, 2.05) is 42.9 Å². The first kappa shape index (κ1) is 14.2. The fourth-order valence-electron chi connectivity index (χ4n) is 1.90. The lowest BCUT2D eigenvalue weighted by molar-refractivity contribution is 0.317. The lowest BCUT2D eigenvalue weighted by Gasteiger charge is -2.08. The highest BCUT2D eigenvalue weighted by molar-refractivity contribution is 5.44. The number of aromatic nitrogens is 2. The average molecular weight is 270 g/mol. The summed E-state index contributed by atoms with van der Waals surface area (Å²) < 4.78 is 7.71. The number of ether oxygens (including phenoxy) is 1. The van der Waals surface area contributed by atoms with Gasteiger partial charge in [-0.25, -0.2) is 4.98 Å². The van der Waals surface area contributed by atoms with Crippen molar-refractivity contribution < 1.29 is 9.84 Å². The molecule has 0 fully saturated rings. The number of hydrogen-bond donors (Lipinski definition) is 1. The number of imidazole rings is 1. The van der Waals surface area contributed by atoms with Gasteiger partial charge >= 0.3 is 0 Å². The number of nitrogens with zero attached hydrogens (tertiary/aromatic N) is 2. The minimum atomic E-state index is -0.124. The normalized spacial score (nSPS) is 9.95. The van der Waals surface area contributed by atoms with Crippen molar-refractivity contribution in [3.05, 3.63) is 47.5 Å². The summed E-state index contributed by atoms with van der Waals surface area (Å²) in [5, 5.41) is 8.70. The standard InChI is InChI=1S/C16H18N2O2/c1-13-12-15(6-5-14(13)4-3-10-19)20-11-7-16-17-8-9-18(16)2/h5-6,8-9,12,19H,7,10-11H2,1-2H3. The summed E-state index contributed by atoms with van der Waals surface area (Å²) in [6.07, 6.45) is 4.48. The van der Waals surface area contributed by atoms with Gasteiger partial charge < -0.3 is 14.4 Å². The van der Waals surface area contributed by atoms with Gasteiger partial charge in [-0.15, -0.1) is 0 Å². The molecule has 0 aliphatic heterocycles. The molecule has 0 atom stereocenters. The quantitative estimate of drug-likeness (QED) is 0.860. The Hall–Kier alpha value is -2.25. The van der Waals surface area contributed by atoms with Crippen molar-refractivity contribution in [3.63, 3.8) is 0 Å². The molecule has 20 heavy (non-hydrogen) atoms. The van der Waals surface area contributed by atoms with E-state index in [0.29, 0.717) is 6.61 Å². The molecule has 1 aromatic heterocycles. The highest BCUT2D eigenvalue weighted by atomic mass is 16.5. The van der Waals surface area contributed by atoms with Crippen LogP contribution in [0.1, 0.15) is 17.0 Å². The zero-order valence-electron chi connectivity index (χ0n) is 11.8. The molecule has 0 radical (unpaired) electrons. The van der Waals surface area contributed by atoms with Gasteiger partial charge in [0.1, 0.15) is 18.2 Å². The first-order chi connectivity index (χ1) is 9.70. The van der Waals surface area contributed by atoms with Crippen molar-refractivity contribution in [2.75, 3.05) is 13.2 Å². The molecular formula is C16H18N2O2. The van der Waals surface area contributed by atoms with Crippen molar-refractivity contribution in [1.29, 1.82) is 0 Å². The first-order valence-electron chi connectivity index (χ1n) is 6.50. The second kappa shape index (κ2) is 6.78. The molecule has 2 aromatic rings. The molecule has 2 rings (SSSR count). The summed E-state index contributed by atoms with van der Waals surface area (Å²) in [6, 6.07) is 5.76. The van der Waals surface area contributed by atoms with Gasteiger partial charge in [-0.2, -0.15) is 0 Å². The van der Waals surface area contributed by atoms with E-state index in [4.69, 9.17) is 9.84 Å². The summed E-state index contributed by atoms with van der Waals surface area (Å²) in [5.41, 5.74) is 1.95. The van der Waals surface area contributed by atoms with Gasteiger partial charge in [0.05, 0.1) is 6.61 Å². The Bertz CT molecular complexity index is 635. The molecule has 4 nitrogen and oxygen atoms in total. The van der Waals surface area contributed by atoms with Crippen LogP contribution in [0.25, 0.3) is 0 Å². The van der Waals surface area contributed by atoms with Crippen molar-refractivity contribution in [3.8, 4) is 17.6 Å². The Morgan fingerprint density at radius 3 is 2.90 bits per heavy atom. The molecule has 1 heterocycles. The molecule has 0 unspecified atom stereocenters. The Morgan fingerprint density at radius 1 is 1.40 bits per heavy atom. The van der Waals surface area contributed by atoms with Crippen LogP contribution in [0.4, 0.5) is 0 Å². The van der Waals surface area contributed by atoms with Crippen LogP contribution in [-0.2, 0) is 13.5 Å². The second-order valence-electron chi connectivity index (χ2n) is 4.49. The molecule has 1 N–H and O–H groups in total. The second-order valence-corrected chi connectivity index (χ2v) is 4.49. The van der Waals surface area contributed by atoms with Crippen molar-refractivity contribution in [2.24, 2.45) is 7.05 Å². The molecule has 1 aromatic carbocycles. The van der Waals surface area contributed by atoms with Crippen LogP contribution in [0.3, 0.4) is 0 Å². The molecule has 0 bridgehead atoms. The maximum atomic E-state index is 8.70. The van der Waals surface area contributed by atoms with E-state index in [1.165, 1.54) is 0 Å². The van der Waals surface area contributed by atoms with Crippen LogP contribution in [0.15, 0.2) is 30.6 Å². The van der Waals surface area contributed by atoms with Gasteiger partial charge in [0, 0.05) is 31.4 Å². The maximum Gasteiger partial charge on any atom is 0.119 e. The lowest BCUT2D eigenvalue weighted by atomic mass is 10.1. The smallest absolute Gasteiger partial charge is 0.119 e. The highest BCUT2D eigenvalue weighted by Gasteiger charge is 2.02. The van der Waals surface area contributed by atoms with Crippen molar-refractivity contribution in [1.82, 2.24) is 9.55 Å². The Labute approximate surface area is 119 Å². The van der Waals surface area contributed by atoms with Crippen LogP contribution in [0, 0.1) is 18.8 Å². The fraction of sp³-hybridized carbons (Fsp3) is 0.312. The van der Waals surface area contributed by atoms with E-state index < -0.39 is 0 Å². The summed E-state index contributed by atoms with van der Waals surface area (Å²) >= 11 is 0. The van der Waals surface area contributed by atoms with Gasteiger partial charge in [0.15, 0.2) is 0 Å². The Kier molecular flexibility index (Phi) is 4.80. The van der Waals surface area contributed by atoms with E-state index in [-0.39, 0.29) is 6.61 Å². The van der Waals surface area contributed by atoms with Crippen LogP contribution < -0.4 is 4.74 Å². The van der Waals surface area contributed by atoms with E-state index >= 15 is 0 Å². The monoisotopic (exact) mass is 270 g/mol. The van der Waals surface area contributed by atoms with E-state index in [0.717, 1.165) is 29.1 Å².